The van der Waals surface area contributed by atoms with E-state index in [1.54, 1.807) is 0 Å². The van der Waals surface area contributed by atoms with Gasteiger partial charge >= 0.3 is 11.8 Å². The number of carbonyl (C=O) groups excluding carboxylic acids is 2. The van der Waals surface area contributed by atoms with Crippen LogP contribution in [0.3, 0.4) is 0 Å². The van der Waals surface area contributed by atoms with Crippen LogP contribution in [0.1, 0.15) is 37.1 Å². The predicted molar refractivity (Wildman–Crippen MR) is 106 cm³/mol. The number of amides is 2. The summed E-state index contributed by atoms with van der Waals surface area (Å²) < 4.78 is 25.4. The van der Waals surface area contributed by atoms with E-state index in [1.807, 2.05) is 45.0 Å². The first-order valence-electron chi connectivity index (χ1n) is 9.13. The maximum Gasteiger partial charge on any atom is 0.314 e. The highest BCUT2D eigenvalue weighted by molar-refractivity contribution is 7.90. The van der Waals surface area contributed by atoms with Crippen LogP contribution >= 0.6 is 0 Å². The fourth-order valence-corrected chi connectivity index (χ4v) is 4.46. The van der Waals surface area contributed by atoms with Gasteiger partial charge < -0.3 is 10.6 Å². The number of sulfone groups is 1. The molecule has 0 saturated carbocycles. The summed E-state index contributed by atoms with van der Waals surface area (Å²) in [6.45, 7) is 6.39. The summed E-state index contributed by atoms with van der Waals surface area (Å²) in [5.74, 6) is -1.36. The van der Waals surface area contributed by atoms with Crippen molar-refractivity contribution in [1.82, 2.24) is 15.1 Å². The van der Waals surface area contributed by atoms with Crippen molar-refractivity contribution >= 4 is 27.5 Å². The van der Waals surface area contributed by atoms with Crippen LogP contribution in [-0.2, 0) is 30.9 Å². The SMILES string of the molecule is Cc1ccc(-n2nc3c(c2NC(=O)C(=O)NCCC(C)C)CS(=O)(=O)C3)cc1. The van der Waals surface area contributed by atoms with Crippen molar-refractivity contribution in [3.05, 3.63) is 41.1 Å². The van der Waals surface area contributed by atoms with E-state index in [0.717, 1.165) is 12.0 Å². The van der Waals surface area contributed by atoms with Crippen molar-refractivity contribution in [2.45, 2.75) is 38.7 Å². The van der Waals surface area contributed by atoms with Crippen molar-refractivity contribution in [1.29, 1.82) is 0 Å². The highest BCUT2D eigenvalue weighted by Gasteiger charge is 2.33. The van der Waals surface area contributed by atoms with E-state index in [2.05, 4.69) is 15.7 Å². The molecular formula is C19H24N4O4S. The number of benzene rings is 1. The predicted octanol–water partition coefficient (Wildman–Crippen LogP) is 1.71. The van der Waals surface area contributed by atoms with Gasteiger partial charge in [-0.05, 0) is 31.4 Å². The Hall–Kier alpha value is -2.68. The second kappa shape index (κ2) is 7.75. The van der Waals surface area contributed by atoms with Crippen molar-refractivity contribution in [3.63, 3.8) is 0 Å². The summed E-state index contributed by atoms with van der Waals surface area (Å²) in [4.78, 5) is 24.5. The molecule has 0 spiro atoms. The molecule has 28 heavy (non-hydrogen) atoms. The van der Waals surface area contributed by atoms with Crippen LogP contribution in [0.15, 0.2) is 24.3 Å². The minimum atomic E-state index is -3.30. The lowest BCUT2D eigenvalue weighted by Gasteiger charge is -2.12. The molecule has 8 nitrogen and oxygen atoms in total. The first-order valence-corrected chi connectivity index (χ1v) is 11.0. The van der Waals surface area contributed by atoms with E-state index >= 15 is 0 Å². The van der Waals surface area contributed by atoms with E-state index in [9.17, 15) is 18.0 Å². The standard InChI is InChI=1S/C19H24N4O4S/c1-12(2)8-9-20-18(24)19(25)21-17-15-10-28(26,27)11-16(15)22-23(17)14-6-4-13(3)5-7-14/h4-7,12H,8-11H2,1-3H3,(H,20,24)(H,21,25). The minimum absolute atomic E-state index is 0.176. The van der Waals surface area contributed by atoms with E-state index < -0.39 is 21.7 Å². The van der Waals surface area contributed by atoms with Crippen LogP contribution in [0, 0.1) is 12.8 Å². The fourth-order valence-electron chi connectivity index (χ4n) is 2.96. The van der Waals surface area contributed by atoms with Gasteiger partial charge in [0.1, 0.15) is 5.82 Å². The van der Waals surface area contributed by atoms with Crippen LogP contribution in [-0.4, -0.2) is 36.6 Å². The zero-order valence-electron chi connectivity index (χ0n) is 16.2. The third-order valence-corrected chi connectivity index (χ3v) is 5.95. The molecule has 0 saturated heterocycles. The highest BCUT2D eigenvalue weighted by Crippen LogP contribution is 2.32. The van der Waals surface area contributed by atoms with Crippen LogP contribution < -0.4 is 10.6 Å². The number of hydrogen-bond acceptors (Lipinski definition) is 5. The van der Waals surface area contributed by atoms with Crippen molar-refractivity contribution in [2.24, 2.45) is 5.92 Å². The molecule has 1 aliphatic heterocycles. The summed E-state index contributed by atoms with van der Waals surface area (Å²) in [6, 6.07) is 7.43. The molecule has 1 aromatic carbocycles. The summed E-state index contributed by atoms with van der Waals surface area (Å²) in [6.07, 6.45) is 0.758. The van der Waals surface area contributed by atoms with E-state index in [0.29, 0.717) is 29.4 Å². The first kappa shape index (κ1) is 20.1. The average Bonchev–Trinajstić information content (AvgIpc) is 3.08. The van der Waals surface area contributed by atoms with E-state index in [1.165, 1.54) is 4.68 Å². The van der Waals surface area contributed by atoms with Gasteiger partial charge in [0.25, 0.3) is 0 Å². The van der Waals surface area contributed by atoms with Crippen LogP contribution in [0.5, 0.6) is 0 Å². The molecule has 2 amide bonds. The summed E-state index contributed by atoms with van der Waals surface area (Å²) in [5.41, 5.74) is 2.56. The molecule has 2 N–H and O–H groups in total. The van der Waals surface area contributed by atoms with Crippen LogP contribution in [0.2, 0.25) is 0 Å². The Labute approximate surface area is 164 Å². The maximum absolute atomic E-state index is 12.4. The molecule has 3 rings (SSSR count). The number of carbonyl (C=O) groups is 2. The number of fused-ring (bicyclic) bond motifs is 1. The first-order chi connectivity index (χ1) is 13.2. The monoisotopic (exact) mass is 404 g/mol. The van der Waals surface area contributed by atoms with Crippen molar-refractivity contribution in [3.8, 4) is 5.69 Å². The van der Waals surface area contributed by atoms with Gasteiger partial charge in [-0.15, -0.1) is 0 Å². The summed E-state index contributed by atoms with van der Waals surface area (Å²) >= 11 is 0. The Kier molecular flexibility index (Phi) is 5.55. The molecule has 1 aromatic heterocycles. The Bertz CT molecular complexity index is 1010. The number of nitrogens with one attached hydrogen (secondary N) is 2. The average molecular weight is 404 g/mol. The number of aryl methyl sites for hydroxylation is 1. The third kappa shape index (κ3) is 4.41. The second-order valence-electron chi connectivity index (χ2n) is 7.45. The Morgan fingerprint density at radius 1 is 1.14 bits per heavy atom. The molecule has 0 aliphatic carbocycles. The van der Waals surface area contributed by atoms with E-state index in [4.69, 9.17) is 0 Å². The Balaban J connectivity index is 1.87. The molecule has 0 atom stereocenters. The highest BCUT2D eigenvalue weighted by atomic mass is 32.2. The fraction of sp³-hybridized carbons (Fsp3) is 0.421. The van der Waals surface area contributed by atoms with Crippen molar-refractivity contribution in [2.75, 3.05) is 11.9 Å². The van der Waals surface area contributed by atoms with Gasteiger partial charge in [0.2, 0.25) is 0 Å². The maximum atomic E-state index is 12.4. The number of anilines is 1. The van der Waals surface area contributed by atoms with Gasteiger partial charge in [-0.3, -0.25) is 9.59 Å². The number of aromatic nitrogens is 2. The van der Waals surface area contributed by atoms with Crippen molar-refractivity contribution < 1.29 is 18.0 Å². The molecule has 9 heteroatoms. The van der Waals surface area contributed by atoms with Gasteiger partial charge in [-0.1, -0.05) is 31.5 Å². The lowest BCUT2D eigenvalue weighted by atomic mass is 10.1. The molecular weight excluding hydrogens is 380 g/mol. The quantitative estimate of drug-likeness (QED) is 0.737. The Morgan fingerprint density at radius 2 is 1.82 bits per heavy atom. The zero-order chi connectivity index (χ0) is 20.5. The van der Waals surface area contributed by atoms with Gasteiger partial charge in [-0.25, -0.2) is 13.1 Å². The smallest absolute Gasteiger partial charge is 0.314 e. The third-order valence-electron chi connectivity index (χ3n) is 4.51. The van der Waals surface area contributed by atoms with Gasteiger partial charge in [-0.2, -0.15) is 5.10 Å². The topological polar surface area (TPSA) is 110 Å². The number of nitrogens with zero attached hydrogens (tertiary/aromatic N) is 2. The van der Waals surface area contributed by atoms with Gasteiger partial charge in [0.05, 0.1) is 22.9 Å². The molecule has 0 bridgehead atoms. The minimum Gasteiger partial charge on any atom is -0.348 e. The van der Waals surface area contributed by atoms with E-state index in [-0.39, 0.29) is 17.3 Å². The second-order valence-corrected chi connectivity index (χ2v) is 9.51. The molecule has 150 valence electrons. The summed E-state index contributed by atoms with van der Waals surface area (Å²) in [7, 11) is -3.30. The lowest BCUT2D eigenvalue weighted by Crippen LogP contribution is -2.36. The zero-order valence-corrected chi connectivity index (χ0v) is 17.0. The molecule has 1 aliphatic rings. The van der Waals surface area contributed by atoms with Crippen LogP contribution in [0.4, 0.5) is 5.82 Å². The molecule has 0 radical (unpaired) electrons. The molecule has 0 unspecified atom stereocenters. The Morgan fingerprint density at radius 3 is 2.46 bits per heavy atom. The van der Waals surface area contributed by atoms with Crippen LogP contribution in [0.25, 0.3) is 5.69 Å². The lowest BCUT2D eigenvalue weighted by molar-refractivity contribution is -0.136. The molecule has 2 heterocycles. The summed E-state index contributed by atoms with van der Waals surface area (Å²) in [5, 5.41) is 9.52. The number of hydrogen-bond donors (Lipinski definition) is 2. The van der Waals surface area contributed by atoms with Gasteiger partial charge in [0, 0.05) is 12.1 Å². The number of rotatable bonds is 5. The van der Waals surface area contributed by atoms with Gasteiger partial charge in [0.15, 0.2) is 9.84 Å². The molecule has 0 fully saturated rings. The molecule has 2 aromatic rings. The largest absolute Gasteiger partial charge is 0.348 e. The normalized spacial score (nSPS) is 14.7.